The summed E-state index contributed by atoms with van der Waals surface area (Å²) >= 11 is -1.96. The van der Waals surface area contributed by atoms with Gasteiger partial charge in [0.15, 0.2) is 0 Å². The molecule has 1 heterocycles. The van der Waals surface area contributed by atoms with Gasteiger partial charge in [-0.25, -0.2) is 8.93 Å². The first-order chi connectivity index (χ1) is 13.1. The molecule has 0 amide bonds. The lowest BCUT2D eigenvalue weighted by atomic mass is 9.91. The Kier molecular flexibility index (Phi) is 5.46. The maximum Gasteiger partial charge on any atom is 0.232 e. The molecule has 3 atom stereocenters. The molecule has 4 rings (SSSR count). The fourth-order valence-electron chi connectivity index (χ4n) is 4.89. The normalized spacial score (nSPS) is 28.1. The predicted molar refractivity (Wildman–Crippen MR) is 110 cm³/mol. The van der Waals surface area contributed by atoms with Gasteiger partial charge < -0.3 is 4.90 Å². The van der Waals surface area contributed by atoms with Crippen LogP contribution in [-0.2, 0) is 29.6 Å². The maximum atomic E-state index is 10.8. The molecule has 5 heteroatoms. The lowest BCUT2D eigenvalue weighted by Gasteiger charge is -2.24. The SMILES string of the molecule is CC1(c2cccc(CNS(=O)O)c2)C2CN(CCCc3ccccc3)CC21. The van der Waals surface area contributed by atoms with Gasteiger partial charge >= 0.3 is 0 Å². The van der Waals surface area contributed by atoms with Gasteiger partial charge in [0.25, 0.3) is 0 Å². The third kappa shape index (κ3) is 4.02. The van der Waals surface area contributed by atoms with Gasteiger partial charge in [0.05, 0.1) is 0 Å². The van der Waals surface area contributed by atoms with Gasteiger partial charge in [0.2, 0.25) is 11.3 Å². The van der Waals surface area contributed by atoms with Crippen LogP contribution in [0.4, 0.5) is 0 Å². The van der Waals surface area contributed by atoms with Gasteiger partial charge in [-0.1, -0.05) is 61.5 Å². The topological polar surface area (TPSA) is 52.6 Å². The lowest BCUT2D eigenvalue weighted by Crippen LogP contribution is -2.30. The summed E-state index contributed by atoms with van der Waals surface area (Å²) in [4.78, 5) is 2.63. The number of aryl methyl sites for hydroxylation is 1. The Balaban J connectivity index is 1.29. The van der Waals surface area contributed by atoms with Crippen molar-refractivity contribution in [3.63, 3.8) is 0 Å². The number of benzene rings is 2. The molecular weight excluding hydrogens is 356 g/mol. The van der Waals surface area contributed by atoms with Gasteiger partial charge in [-0.15, -0.1) is 0 Å². The standard InChI is InChI=1S/C22H28N2O2S/c1-22(19-11-5-9-18(13-19)14-23-27(25)26)20-15-24(16-21(20)22)12-6-10-17-7-3-2-4-8-17/h2-5,7-9,11,13,20-21,23H,6,10,12,14-16H2,1H3,(H,25,26). The number of piperidine rings is 1. The summed E-state index contributed by atoms with van der Waals surface area (Å²) in [5, 5.41) is 0. The van der Waals surface area contributed by atoms with E-state index in [1.807, 2.05) is 6.07 Å². The Morgan fingerprint density at radius 2 is 1.81 bits per heavy atom. The monoisotopic (exact) mass is 384 g/mol. The van der Waals surface area contributed by atoms with Gasteiger partial charge in [0, 0.05) is 25.0 Å². The molecule has 0 bridgehead atoms. The molecule has 0 radical (unpaired) electrons. The summed E-state index contributed by atoms with van der Waals surface area (Å²) < 4.78 is 22.3. The number of fused-ring (bicyclic) bond motifs is 1. The number of rotatable bonds is 8. The Bertz CT molecular complexity index is 799. The first-order valence-electron chi connectivity index (χ1n) is 9.77. The number of nitrogens with one attached hydrogen (secondary N) is 1. The van der Waals surface area contributed by atoms with Gasteiger partial charge in [0.1, 0.15) is 0 Å². The molecular formula is C22H28N2O2S. The van der Waals surface area contributed by atoms with Crippen molar-refractivity contribution >= 4 is 11.3 Å². The highest BCUT2D eigenvalue weighted by Crippen LogP contribution is 2.63. The fourth-order valence-corrected chi connectivity index (χ4v) is 5.18. The largest absolute Gasteiger partial charge is 0.303 e. The van der Waals surface area contributed by atoms with E-state index in [0.29, 0.717) is 6.54 Å². The minimum atomic E-state index is -1.96. The smallest absolute Gasteiger partial charge is 0.232 e. The quantitative estimate of drug-likeness (QED) is 0.686. The molecule has 1 aliphatic carbocycles. The van der Waals surface area contributed by atoms with Crippen LogP contribution in [0.3, 0.4) is 0 Å². The van der Waals surface area contributed by atoms with Crippen molar-refractivity contribution in [3.8, 4) is 0 Å². The highest BCUT2D eigenvalue weighted by Gasteiger charge is 2.65. The van der Waals surface area contributed by atoms with Crippen LogP contribution in [0.1, 0.15) is 30.0 Å². The van der Waals surface area contributed by atoms with E-state index in [1.54, 1.807) is 0 Å². The van der Waals surface area contributed by atoms with Gasteiger partial charge in [-0.05, 0) is 47.9 Å². The summed E-state index contributed by atoms with van der Waals surface area (Å²) in [5.41, 5.74) is 4.15. The molecule has 1 aliphatic heterocycles. The Labute approximate surface area is 164 Å². The third-order valence-electron chi connectivity index (χ3n) is 6.56. The van der Waals surface area contributed by atoms with Crippen molar-refractivity contribution < 1.29 is 8.76 Å². The zero-order valence-corrected chi connectivity index (χ0v) is 16.6. The van der Waals surface area contributed by atoms with E-state index in [4.69, 9.17) is 4.55 Å². The second kappa shape index (κ2) is 7.84. The second-order valence-electron chi connectivity index (χ2n) is 8.12. The molecule has 2 aromatic carbocycles. The molecule has 4 nitrogen and oxygen atoms in total. The molecule has 2 aromatic rings. The van der Waals surface area contributed by atoms with E-state index in [2.05, 4.69) is 65.1 Å². The molecule has 1 saturated carbocycles. The van der Waals surface area contributed by atoms with E-state index in [9.17, 15) is 4.21 Å². The molecule has 2 fully saturated rings. The Hall–Kier alpha value is -1.53. The molecule has 144 valence electrons. The Morgan fingerprint density at radius 3 is 2.52 bits per heavy atom. The van der Waals surface area contributed by atoms with Crippen molar-refractivity contribution in [2.24, 2.45) is 11.8 Å². The van der Waals surface area contributed by atoms with E-state index in [0.717, 1.165) is 23.8 Å². The number of nitrogens with zero attached hydrogens (tertiary/aromatic N) is 1. The van der Waals surface area contributed by atoms with Crippen molar-refractivity contribution in [1.82, 2.24) is 9.62 Å². The van der Waals surface area contributed by atoms with Crippen molar-refractivity contribution in [2.45, 2.75) is 31.7 Å². The van der Waals surface area contributed by atoms with Crippen molar-refractivity contribution in [1.29, 1.82) is 0 Å². The zero-order chi connectivity index (χ0) is 18.9. The van der Waals surface area contributed by atoms with Crippen LogP contribution in [0.25, 0.3) is 0 Å². The summed E-state index contributed by atoms with van der Waals surface area (Å²) in [5.74, 6) is 1.48. The third-order valence-corrected chi connectivity index (χ3v) is 6.95. The van der Waals surface area contributed by atoms with Crippen LogP contribution < -0.4 is 4.72 Å². The lowest BCUT2D eigenvalue weighted by molar-refractivity contribution is 0.274. The first-order valence-corrected chi connectivity index (χ1v) is 10.9. The summed E-state index contributed by atoms with van der Waals surface area (Å²) in [6.07, 6.45) is 2.38. The number of likely N-dealkylation sites (tertiary alicyclic amines) is 1. The van der Waals surface area contributed by atoms with Crippen LogP contribution in [0.2, 0.25) is 0 Å². The summed E-state index contributed by atoms with van der Waals surface area (Å²) in [7, 11) is 0. The molecule has 0 aromatic heterocycles. The van der Waals surface area contributed by atoms with Crippen LogP contribution in [0, 0.1) is 11.8 Å². The number of hydrogen-bond donors (Lipinski definition) is 2. The average Bonchev–Trinajstić information content (AvgIpc) is 3.03. The molecule has 2 N–H and O–H groups in total. The van der Waals surface area contributed by atoms with Crippen LogP contribution in [-0.4, -0.2) is 33.3 Å². The summed E-state index contributed by atoms with van der Waals surface area (Å²) in [6, 6.07) is 19.3. The molecule has 2 aliphatic rings. The summed E-state index contributed by atoms with van der Waals surface area (Å²) in [6.45, 7) is 6.39. The van der Waals surface area contributed by atoms with Crippen LogP contribution in [0.15, 0.2) is 54.6 Å². The van der Waals surface area contributed by atoms with E-state index in [-0.39, 0.29) is 5.41 Å². The fraction of sp³-hybridized carbons (Fsp3) is 0.455. The van der Waals surface area contributed by atoms with E-state index in [1.165, 1.54) is 37.2 Å². The Morgan fingerprint density at radius 1 is 1.11 bits per heavy atom. The van der Waals surface area contributed by atoms with Crippen LogP contribution >= 0.6 is 0 Å². The first kappa shape index (κ1) is 18.8. The highest BCUT2D eigenvalue weighted by atomic mass is 32.2. The van der Waals surface area contributed by atoms with E-state index >= 15 is 0 Å². The maximum absolute atomic E-state index is 10.8. The molecule has 1 saturated heterocycles. The molecule has 3 unspecified atom stereocenters. The van der Waals surface area contributed by atoms with Crippen molar-refractivity contribution in [2.75, 3.05) is 19.6 Å². The van der Waals surface area contributed by atoms with Gasteiger partial charge in [-0.2, -0.15) is 0 Å². The minimum Gasteiger partial charge on any atom is -0.303 e. The molecule has 0 spiro atoms. The predicted octanol–water partition coefficient (Wildman–Crippen LogP) is 3.37. The zero-order valence-electron chi connectivity index (χ0n) is 15.8. The second-order valence-corrected chi connectivity index (χ2v) is 8.90. The molecule has 27 heavy (non-hydrogen) atoms. The van der Waals surface area contributed by atoms with Crippen LogP contribution in [0.5, 0.6) is 0 Å². The number of hydrogen-bond acceptors (Lipinski definition) is 2. The minimum absolute atomic E-state index is 0.268. The highest BCUT2D eigenvalue weighted by molar-refractivity contribution is 7.77. The van der Waals surface area contributed by atoms with Crippen molar-refractivity contribution in [3.05, 3.63) is 71.3 Å². The van der Waals surface area contributed by atoms with E-state index < -0.39 is 11.3 Å². The average molecular weight is 385 g/mol. The van der Waals surface area contributed by atoms with Gasteiger partial charge in [-0.3, -0.25) is 4.55 Å².